The molecule has 0 aromatic heterocycles. The quantitative estimate of drug-likeness (QED) is 0.454. The Morgan fingerprint density at radius 2 is 1.90 bits per heavy atom. The van der Waals surface area contributed by atoms with Crippen LogP contribution in [-0.2, 0) is 19.0 Å². The number of hydrogen-bond donors (Lipinski definition) is 2. The third-order valence-corrected chi connectivity index (χ3v) is 11.8. The van der Waals surface area contributed by atoms with Crippen LogP contribution in [0.3, 0.4) is 0 Å². The number of cyclic esters (lactones) is 1. The van der Waals surface area contributed by atoms with Crippen molar-refractivity contribution in [2.24, 2.45) is 29.1 Å². The smallest absolute Gasteiger partial charge is 0.345 e. The number of benzene rings is 1. The van der Waals surface area contributed by atoms with E-state index in [4.69, 9.17) is 14.2 Å². The van der Waals surface area contributed by atoms with E-state index in [0.717, 1.165) is 31.6 Å². The van der Waals surface area contributed by atoms with Crippen molar-refractivity contribution in [3.63, 3.8) is 0 Å². The minimum absolute atomic E-state index is 0.0548. The van der Waals surface area contributed by atoms with Crippen molar-refractivity contribution in [2.45, 2.75) is 89.3 Å². The van der Waals surface area contributed by atoms with E-state index in [1.54, 1.807) is 0 Å². The first kappa shape index (κ1) is 28.2. The molecule has 42 heavy (non-hydrogen) atoms. The number of fused-ring (bicyclic) bond motifs is 4. The molecule has 0 radical (unpaired) electrons. The van der Waals surface area contributed by atoms with Gasteiger partial charge in [-0.3, -0.25) is 4.90 Å². The number of carbonyl (C=O) groups excluding carboxylic acids is 1. The van der Waals surface area contributed by atoms with Gasteiger partial charge < -0.3 is 24.4 Å². The lowest BCUT2D eigenvalue weighted by Crippen LogP contribution is -2.60. The molecule has 4 fully saturated rings. The van der Waals surface area contributed by atoms with Gasteiger partial charge in [0.25, 0.3) is 0 Å². The second-order valence-electron chi connectivity index (χ2n) is 13.6. The molecule has 7 heteroatoms. The molecule has 1 aromatic carbocycles. The van der Waals surface area contributed by atoms with Gasteiger partial charge in [0.05, 0.1) is 19.8 Å². The molecular formula is C35H45NO6. The SMILES string of the molecule is CCC(O)C1C2CC3(CCCC3)C(c3ccccc3)C2CC2C3C(=CCCN21)OC(=C1OC(=O)C(CO)=C1OC)C3C. The Balaban J connectivity index is 1.31. The zero-order valence-corrected chi connectivity index (χ0v) is 25.1. The van der Waals surface area contributed by atoms with E-state index in [9.17, 15) is 15.0 Å². The van der Waals surface area contributed by atoms with Crippen molar-refractivity contribution in [1.82, 2.24) is 4.90 Å². The number of rotatable bonds is 5. The second kappa shape index (κ2) is 10.8. The van der Waals surface area contributed by atoms with Crippen LogP contribution in [0.15, 0.2) is 65.0 Å². The van der Waals surface area contributed by atoms with E-state index in [1.165, 1.54) is 44.8 Å². The van der Waals surface area contributed by atoms with E-state index in [1.807, 2.05) is 0 Å². The highest BCUT2D eigenvalue weighted by Gasteiger charge is 2.62. The maximum Gasteiger partial charge on any atom is 0.345 e. The number of esters is 1. The number of aliphatic hydroxyl groups excluding tert-OH is 2. The van der Waals surface area contributed by atoms with Gasteiger partial charge in [0.15, 0.2) is 11.5 Å². The number of piperidine rings is 1. The van der Waals surface area contributed by atoms with Crippen LogP contribution in [0.2, 0.25) is 0 Å². The average molecular weight is 576 g/mol. The first-order valence-electron chi connectivity index (χ1n) is 16.1. The van der Waals surface area contributed by atoms with E-state index < -0.39 is 12.6 Å². The predicted octanol–water partition coefficient (Wildman–Crippen LogP) is 5.41. The number of ether oxygens (including phenoxy) is 3. The summed E-state index contributed by atoms with van der Waals surface area (Å²) in [5, 5.41) is 21.5. The number of hydrogen-bond acceptors (Lipinski definition) is 7. The molecule has 2 saturated carbocycles. The van der Waals surface area contributed by atoms with Gasteiger partial charge in [0.1, 0.15) is 11.3 Å². The van der Waals surface area contributed by atoms with Crippen LogP contribution in [0.1, 0.15) is 76.7 Å². The van der Waals surface area contributed by atoms with Crippen molar-refractivity contribution in [3.8, 4) is 0 Å². The minimum atomic E-state index is -0.583. The summed E-state index contributed by atoms with van der Waals surface area (Å²) in [7, 11) is 1.49. The zero-order chi connectivity index (χ0) is 29.2. The Labute approximate surface area is 249 Å². The summed E-state index contributed by atoms with van der Waals surface area (Å²) in [5.74, 6) is 3.00. The fraction of sp³-hybridized carbons (Fsp3) is 0.629. The summed E-state index contributed by atoms with van der Waals surface area (Å²) in [6.45, 7) is 4.75. The number of aliphatic hydroxyl groups is 2. The standard InChI is InChI=1S/C35H45NO6/c1-4-26(38)30-23-18-35(14-8-9-15-35)29(21-11-6-5-7-12-21)22(23)17-25-28-20(2)31(41-27(28)13-10-16-36(25)30)33-32(40-3)24(19-37)34(39)42-33/h5-7,11-13,20,22-23,25-26,28-30,37-38H,4,8-10,14-19H2,1-3H3. The van der Waals surface area contributed by atoms with Crippen LogP contribution >= 0.6 is 0 Å². The van der Waals surface area contributed by atoms with Gasteiger partial charge in [0, 0.05) is 30.5 Å². The maximum atomic E-state index is 12.6. The molecular weight excluding hydrogens is 530 g/mol. The van der Waals surface area contributed by atoms with Crippen molar-refractivity contribution < 1.29 is 29.2 Å². The highest BCUT2D eigenvalue weighted by atomic mass is 16.6. The lowest BCUT2D eigenvalue weighted by atomic mass is 9.66. The zero-order valence-electron chi connectivity index (χ0n) is 25.1. The molecule has 1 spiro atoms. The molecule has 4 heterocycles. The Morgan fingerprint density at radius 1 is 1.14 bits per heavy atom. The van der Waals surface area contributed by atoms with Crippen LogP contribution in [0, 0.1) is 29.1 Å². The average Bonchev–Trinajstić information content (AvgIpc) is 3.73. The molecule has 2 aliphatic carbocycles. The second-order valence-corrected chi connectivity index (χ2v) is 13.6. The third-order valence-electron chi connectivity index (χ3n) is 11.8. The molecule has 8 atom stereocenters. The Bertz CT molecular complexity index is 1310. The van der Waals surface area contributed by atoms with Gasteiger partial charge in [-0.1, -0.05) is 57.0 Å². The predicted molar refractivity (Wildman–Crippen MR) is 158 cm³/mol. The van der Waals surface area contributed by atoms with Crippen molar-refractivity contribution in [1.29, 1.82) is 0 Å². The van der Waals surface area contributed by atoms with Crippen LogP contribution in [0.25, 0.3) is 0 Å². The highest BCUT2D eigenvalue weighted by molar-refractivity contribution is 5.94. The summed E-state index contributed by atoms with van der Waals surface area (Å²) in [6, 6.07) is 11.5. The molecule has 226 valence electrons. The summed E-state index contributed by atoms with van der Waals surface area (Å²) < 4.78 is 17.8. The van der Waals surface area contributed by atoms with Gasteiger partial charge in [-0.15, -0.1) is 0 Å². The van der Waals surface area contributed by atoms with E-state index in [2.05, 4.69) is 55.2 Å². The van der Waals surface area contributed by atoms with Crippen LogP contribution < -0.4 is 0 Å². The summed E-state index contributed by atoms with van der Waals surface area (Å²) in [6.07, 6.45) is 10.9. The highest BCUT2D eigenvalue weighted by Crippen LogP contribution is 2.67. The van der Waals surface area contributed by atoms with Crippen LogP contribution in [-0.4, -0.2) is 59.5 Å². The van der Waals surface area contributed by atoms with Crippen LogP contribution in [0.4, 0.5) is 0 Å². The first-order chi connectivity index (χ1) is 20.4. The molecule has 2 N–H and O–H groups in total. The lowest BCUT2D eigenvalue weighted by Gasteiger charge is -2.52. The van der Waals surface area contributed by atoms with Crippen LogP contribution in [0.5, 0.6) is 0 Å². The topological polar surface area (TPSA) is 88.5 Å². The molecule has 1 aromatic rings. The summed E-state index contributed by atoms with van der Waals surface area (Å²) in [4.78, 5) is 15.2. The van der Waals surface area contributed by atoms with Crippen molar-refractivity contribution in [2.75, 3.05) is 20.3 Å². The Kier molecular flexibility index (Phi) is 7.27. The third kappa shape index (κ3) is 4.14. The maximum absolute atomic E-state index is 12.6. The first-order valence-corrected chi connectivity index (χ1v) is 16.1. The van der Waals surface area contributed by atoms with Gasteiger partial charge in [-0.05, 0) is 73.3 Å². The molecule has 6 aliphatic rings. The number of nitrogens with zero attached hydrogens (tertiary/aromatic N) is 1. The van der Waals surface area contributed by atoms with Gasteiger partial charge in [-0.25, -0.2) is 4.79 Å². The largest absolute Gasteiger partial charge is 0.492 e. The number of methoxy groups -OCH3 is 1. The number of allylic oxidation sites excluding steroid dienone is 1. The number of carbonyl (C=O) groups is 1. The Morgan fingerprint density at radius 3 is 2.60 bits per heavy atom. The molecule has 2 saturated heterocycles. The fourth-order valence-corrected chi connectivity index (χ4v) is 10.2. The van der Waals surface area contributed by atoms with Crippen molar-refractivity contribution in [3.05, 3.63) is 70.6 Å². The monoisotopic (exact) mass is 575 g/mol. The van der Waals surface area contributed by atoms with Gasteiger partial charge in [-0.2, -0.15) is 0 Å². The summed E-state index contributed by atoms with van der Waals surface area (Å²) in [5.41, 5.74) is 1.91. The van der Waals surface area contributed by atoms with Crippen molar-refractivity contribution >= 4 is 5.97 Å². The molecule has 4 aliphatic heterocycles. The molecule has 8 unspecified atom stereocenters. The van der Waals surface area contributed by atoms with Gasteiger partial charge in [0.2, 0.25) is 5.76 Å². The Hall–Kier alpha value is -2.61. The van der Waals surface area contributed by atoms with E-state index >= 15 is 0 Å². The minimum Gasteiger partial charge on any atom is -0.492 e. The normalized spacial score (nSPS) is 38.0. The molecule has 0 amide bonds. The van der Waals surface area contributed by atoms with E-state index in [0.29, 0.717) is 34.7 Å². The molecule has 7 nitrogen and oxygen atoms in total. The van der Waals surface area contributed by atoms with E-state index in [-0.39, 0.29) is 41.4 Å². The fourth-order valence-electron chi connectivity index (χ4n) is 10.2. The molecule has 7 rings (SSSR count). The lowest BCUT2D eigenvalue weighted by molar-refractivity contribution is -0.133. The van der Waals surface area contributed by atoms with Gasteiger partial charge >= 0.3 is 5.97 Å². The summed E-state index contributed by atoms with van der Waals surface area (Å²) >= 11 is 0. The molecule has 0 bridgehead atoms.